The van der Waals surface area contributed by atoms with Gasteiger partial charge in [0.25, 0.3) is 0 Å². The van der Waals surface area contributed by atoms with Crippen molar-refractivity contribution in [3.05, 3.63) is 34.8 Å². The highest BCUT2D eigenvalue weighted by molar-refractivity contribution is 5.85. The first-order chi connectivity index (χ1) is 12.8. The van der Waals surface area contributed by atoms with Crippen molar-refractivity contribution in [2.75, 3.05) is 0 Å². The Morgan fingerprint density at radius 2 is 1.67 bits per heavy atom. The van der Waals surface area contributed by atoms with Crippen LogP contribution >= 0.6 is 0 Å². The lowest BCUT2D eigenvalue weighted by Crippen LogP contribution is -2.06. The Morgan fingerprint density at radius 1 is 1.00 bits per heavy atom. The second kappa shape index (κ2) is 7.49. The highest BCUT2D eigenvalue weighted by atomic mass is 15.3. The minimum atomic E-state index is 0.423. The van der Waals surface area contributed by atoms with Crippen molar-refractivity contribution in [3.63, 3.8) is 0 Å². The molecule has 0 amide bonds. The Kier molecular flexibility index (Phi) is 5.45. The Labute approximate surface area is 163 Å². The van der Waals surface area contributed by atoms with Gasteiger partial charge in [-0.15, -0.1) is 0 Å². The predicted molar refractivity (Wildman–Crippen MR) is 114 cm³/mol. The van der Waals surface area contributed by atoms with Gasteiger partial charge in [0.1, 0.15) is 0 Å². The number of hydrogen-bond donors (Lipinski definition) is 0. The summed E-state index contributed by atoms with van der Waals surface area (Å²) in [7, 11) is 2.04. The summed E-state index contributed by atoms with van der Waals surface area (Å²) in [6, 6.07) is 2.86. The molecule has 0 N–H and O–H groups in total. The Hall–Kier alpha value is -2.10. The van der Waals surface area contributed by atoms with Crippen LogP contribution in [-0.4, -0.2) is 19.3 Å². The molecule has 0 bridgehead atoms. The molecule has 0 spiro atoms. The second-order valence-electron chi connectivity index (χ2n) is 7.99. The molecule has 1 atom stereocenters. The lowest BCUT2D eigenvalue weighted by molar-refractivity contribution is 0.485. The molecular weight excluding hydrogens is 332 g/mol. The molecule has 0 aliphatic carbocycles. The summed E-state index contributed by atoms with van der Waals surface area (Å²) in [6.07, 6.45) is 5.64. The van der Waals surface area contributed by atoms with Crippen molar-refractivity contribution >= 4 is 11.0 Å². The van der Waals surface area contributed by atoms with E-state index in [0.717, 1.165) is 30.5 Å². The minimum absolute atomic E-state index is 0.423. The average Bonchev–Trinajstić information content (AvgIpc) is 3.12. The molecule has 146 valence electrons. The fraction of sp³-hybridized carbons (Fsp3) is 0.565. The van der Waals surface area contributed by atoms with Crippen LogP contribution in [0.5, 0.6) is 0 Å². The fourth-order valence-corrected chi connectivity index (χ4v) is 4.13. The lowest BCUT2D eigenvalue weighted by atomic mass is 9.95. The van der Waals surface area contributed by atoms with Crippen LogP contribution in [0, 0.1) is 20.8 Å². The van der Waals surface area contributed by atoms with Gasteiger partial charge in [-0.25, -0.2) is 4.98 Å². The first-order valence-corrected chi connectivity index (χ1v) is 10.4. The smallest absolute Gasteiger partial charge is 0.0917 e. The standard InChI is InChI=1S/C23H34N4/c1-9-14(4)23-20(17(7)26(8)25-23)22-15(5)12-19-21(24-22)16(6)13-27(19)18(10-2)11-3/h12-14,18H,9-11H2,1-8H3. The monoisotopic (exact) mass is 366 g/mol. The number of fused-ring (bicyclic) bond motifs is 1. The van der Waals surface area contributed by atoms with E-state index >= 15 is 0 Å². The third-order valence-electron chi connectivity index (χ3n) is 6.19. The van der Waals surface area contributed by atoms with Crippen LogP contribution in [-0.2, 0) is 7.05 Å². The third-order valence-corrected chi connectivity index (χ3v) is 6.19. The quantitative estimate of drug-likeness (QED) is 0.518. The molecule has 3 rings (SSSR count). The Morgan fingerprint density at radius 3 is 2.26 bits per heavy atom. The van der Waals surface area contributed by atoms with Gasteiger partial charge in [-0.3, -0.25) is 4.68 Å². The molecule has 27 heavy (non-hydrogen) atoms. The molecule has 0 saturated carbocycles. The Balaban J connectivity index is 2.27. The maximum absolute atomic E-state index is 5.19. The molecule has 3 aromatic rings. The summed E-state index contributed by atoms with van der Waals surface area (Å²) in [4.78, 5) is 5.19. The topological polar surface area (TPSA) is 35.6 Å². The molecule has 3 aromatic heterocycles. The third kappa shape index (κ3) is 3.19. The van der Waals surface area contributed by atoms with Crippen LogP contribution in [0.1, 0.15) is 81.4 Å². The van der Waals surface area contributed by atoms with Crippen molar-refractivity contribution in [1.29, 1.82) is 0 Å². The highest BCUT2D eigenvalue weighted by Crippen LogP contribution is 2.36. The summed E-state index contributed by atoms with van der Waals surface area (Å²) < 4.78 is 4.44. The van der Waals surface area contributed by atoms with Crippen molar-refractivity contribution in [3.8, 4) is 11.3 Å². The van der Waals surface area contributed by atoms with E-state index in [1.807, 2.05) is 11.7 Å². The molecule has 4 heteroatoms. The summed E-state index contributed by atoms with van der Waals surface area (Å²) in [5.41, 5.74) is 9.55. The molecule has 0 saturated heterocycles. The molecule has 1 unspecified atom stereocenters. The van der Waals surface area contributed by atoms with Crippen LogP contribution in [0.3, 0.4) is 0 Å². The maximum Gasteiger partial charge on any atom is 0.0917 e. The fourth-order valence-electron chi connectivity index (χ4n) is 4.13. The van der Waals surface area contributed by atoms with Gasteiger partial charge in [0, 0.05) is 36.5 Å². The predicted octanol–water partition coefficient (Wildman–Crippen LogP) is 6.24. The molecule has 0 aromatic carbocycles. The van der Waals surface area contributed by atoms with Crippen LogP contribution in [0.15, 0.2) is 12.3 Å². The average molecular weight is 367 g/mol. The summed E-state index contributed by atoms with van der Waals surface area (Å²) in [5, 5.41) is 4.83. The van der Waals surface area contributed by atoms with Gasteiger partial charge in [0.05, 0.1) is 22.4 Å². The largest absolute Gasteiger partial charge is 0.343 e. The zero-order valence-corrected chi connectivity index (χ0v) is 18.2. The van der Waals surface area contributed by atoms with E-state index in [-0.39, 0.29) is 0 Å². The molecule has 0 radical (unpaired) electrons. The zero-order chi connectivity index (χ0) is 19.9. The van der Waals surface area contributed by atoms with Crippen LogP contribution < -0.4 is 0 Å². The molecular formula is C23H34N4. The summed E-state index contributed by atoms with van der Waals surface area (Å²) in [6.45, 7) is 15.5. The molecule has 4 nitrogen and oxygen atoms in total. The van der Waals surface area contributed by atoms with E-state index in [1.54, 1.807) is 0 Å². The number of rotatable bonds is 6. The van der Waals surface area contributed by atoms with Gasteiger partial charge < -0.3 is 4.57 Å². The normalized spacial score (nSPS) is 13.1. The van der Waals surface area contributed by atoms with Gasteiger partial charge in [-0.05, 0) is 57.2 Å². The van der Waals surface area contributed by atoms with Gasteiger partial charge in [-0.1, -0.05) is 27.7 Å². The maximum atomic E-state index is 5.19. The van der Waals surface area contributed by atoms with Gasteiger partial charge in [0.15, 0.2) is 0 Å². The number of aromatic nitrogens is 4. The summed E-state index contributed by atoms with van der Waals surface area (Å²) >= 11 is 0. The summed E-state index contributed by atoms with van der Waals surface area (Å²) in [5.74, 6) is 0.423. The van der Waals surface area contributed by atoms with E-state index in [2.05, 4.69) is 65.3 Å². The van der Waals surface area contributed by atoms with E-state index in [0.29, 0.717) is 12.0 Å². The van der Waals surface area contributed by atoms with E-state index in [4.69, 9.17) is 10.1 Å². The van der Waals surface area contributed by atoms with Gasteiger partial charge >= 0.3 is 0 Å². The molecule has 0 aliphatic rings. The van der Waals surface area contributed by atoms with Crippen LogP contribution in [0.2, 0.25) is 0 Å². The van der Waals surface area contributed by atoms with Crippen LogP contribution in [0.25, 0.3) is 22.3 Å². The SMILES string of the molecule is CCC(C)c1nn(C)c(C)c1-c1nc2c(C)cn(C(CC)CC)c2cc1C. The number of aryl methyl sites for hydroxylation is 3. The van der Waals surface area contributed by atoms with Crippen molar-refractivity contribution in [1.82, 2.24) is 19.3 Å². The van der Waals surface area contributed by atoms with E-state index in [1.165, 1.54) is 33.6 Å². The van der Waals surface area contributed by atoms with Crippen molar-refractivity contribution in [2.45, 2.75) is 79.7 Å². The van der Waals surface area contributed by atoms with Crippen molar-refractivity contribution in [2.24, 2.45) is 7.05 Å². The second-order valence-corrected chi connectivity index (χ2v) is 7.99. The van der Waals surface area contributed by atoms with E-state index in [9.17, 15) is 0 Å². The van der Waals surface area contributed by atoms with Gasteiger partial charge in [0.2, 0.25) is 0 Å². The number of hydrogen-bond acceptors (Lipinski definition) is 2. The van der Waals surface area contributed by atoms with Crippen LogP contribution in [0.4, 0.5) is 0 Å². The lowest BCUT2D eigenvalue weighted by Gasteiger charge is -2.17. The molecule has 3 heterocycles. The van der Waals surface area contributed by atoms with Gasteiger partial charge in [-0.2, -0.15) is 5.10 Å². The zero-order valence-electron chi connectivity index (χ0n) is 18.2. The molecule has 0 aliphatic heterocycles. The first kappa shape index (κ1) is 19.7. The minimum Gasteiger partial charge on any atom is -0.343 e. The Bertz CT molecular complexity index is 957. The highest BCUT2D eigenvalue weighted by Gasteiger charge is 2.23. The first-order valence-electron chi connectivity index (χ1n) is 10.4. The van der Waals surface area contributed by atoms with E-state index < -0.39 is 0 Å². The number of nitrogens with zero attached hydrogens (tertiary/aromatic N) is 4. The number of pyridine rings is 1. The van der Waals surface area contributed by atoms with Crippen molar-refractivity contribution < 1.29 is 0 Å². The molecule has 0 fully saturated rings.